The van der Waals surface area contributed by atoms with Gasteiger partial charge in [-0.2, -0.15) is 0 Å². The lowest BCUT2D eigenvalue weighted by Crippen LogP contribution is -1.89. The first kappa shape index (κ1) is 11.2. The Morgan fingerprint density at radius 1 is 1.56 bits per heavy atom. The third-order valence-electron chi connectivity index (χ3n) is 0.374. The van der Waals surface area contributed by atoms with E-state index in [0.717, 1.165) is 6.42 Å². The molecule has 0 aliphatic rings. The Bertz CT molecular complexity index is 67.3. The van der Waals surface area contributed by atoms with Crippen LogP contribution in [0.15, 0.2) is 11.2 Å². The number of nitrogens with zero attached hydrogens (tertiary/aromatic N) is 1. The fourth-order valence-corrected chi connectivity index (χ4v) is 0.166. The lowest BCUT2D eigenvalue weighted by molar-refractivity contribution is 1.02. The summed E-state index contributed by atoms with van der Waals surface area (Å²) in [6, 6.07) is 0. The van der Waals surface area contributed by atoms with Crippen LogP contribution in [0.3, 0.4) is 0 Å². The first-order valence-electron chi connectivity index (χ1n) is 2.97. The van der Waals surface area contributed by atoms with Gasteiger partial charge in [-0.05, 0) is 27.1 Å². The van der Waals surface area contributed by atoms with Gasteiger partial charge >= 0.3 is 0 Å². The quantitative estimate of drug-likeness (QED) is 0.555. The molecule has 0 aliphatic carbocycles. The van der Waals surface area contributed by atoms with Crippen LogP contribution in [-0.4, -0.2) is 20.3 Å². The molecule has 9 heavy (non-hydrogen) atoms. The molecule has 0 heterocycles. The van der Waals surface area contributed by atoms with E-state index in [1.165, 1.54) is 6.20 Å². The Morgan fingerprint density at radius 2 is 2.00 bits per heavy atom. The molecule has 2 heteroatoms. The van der Waals surface area contributed by atoms with E-state index < -0.39 is 0 Å². The van der Waals surface area contributed by atoms with Crippen molar-refractivity contribution >= 4 is 6.21 Å². The third-order valence-corrected chi connectivity index (χ3v) is 0.374. The van der Waals surface area contributed by atoms with E-state index in [1.807, 2.05) is 21.0 Å². The number of nitrogens with one attached hydrogen (secondary N) is 1. The molecule has 0 rings (SSSR count). The van der Waals surface area contributed by atoms with Crippen LogP contribution in [0.1, 0.15) is 13.3 Å². The second kappa shape index (κ2) is 15.7. The van der Waals surface area contributed by atoms with Crippen molar-refractivity contribution in [1.29, 1.82) is 0 Å². The Hall–Kier alpha value is -0.630. The van der Waals surface area contributed by atoms with Crippen LogP contribution >= 0.6 is 0 Å². The lowest BCUT2D eigenvalue weighted by Gasteiger charge is -1.68. The number of aliphatic imine (C=N–C) groups is 1. The van der Waals surface area contributed by atoms with E-state index in [1.54, 1.807) is 6.21 Å². The molecule has 0 fully saturated rings. The molecule has 0 saturated carbocycles. The monoisotopic (exact) mass is 127 g/mol. The van der Waals surface area contributed by atoms with Gasteiger partial charge in [-0.15, -0.1) is 0 Å². The molecule has 53 valence electrons. The third kappa shape index (κ3) is 37.8. The topological polar surface area (TPSA) is 24.4 Å². The summed E-state index contributed by atoms with van der Waals surface area (Å²) in [6.07, 6.45) is 3.98. The van der Waals surface area contributed by atoms with Crippen LogP contribution in [-0.2, 0) is 0 Å². The summed E-state index contributed by atoms with van der Waals surface area (Å²) in [7, 11) is 3.75. The highest BCUT2D eigenvalue weighted by atomic mass is 14.7. The molecular formula is C7H15N2. The van der Waals surface area contributed by atoms with Gasteiger partial charge in [0.15, 0.2) is 0 Å². The van der Waals surface area contributed by atoms with Crippen molar-refractivity contribution in [3.8, 4) is 0 Å². The van der Waals surface area contributed by atoms with E-state index >= 15 is 0 Å². The summed E-state index contributed by atoms with van der Waals surface area (Å²) < 4.78 is 0. The average molecular weight is 127 g/mol. The van der Waals surface area contributed by atoms with Crippen molar-refractivity contribution in [3.63, 3.8) is 0 Å². The number of hydrogen-bond donors (Lipinski definition) is 1. The minimum atomic E-state index is 0.952. The highest BCUT2D eigenvalue weighted by molar-refractivity contribution is 5.57. The predicted molar refractivity (Wildman–Crippen MR) is 42.6 cm³/mol. The van der Waals surface area contributed by atoms with Crippen molar-refractivity contribution < 1.29 is 0 Å². The van der Waals surface area contributed by atoms with E-state index in [2.05, 4.69) is 10.3 Å². The molecule has 0 aromatic heterocycles. The van der Waals surface area contributed by atoms with Crippen molar-refractivity contribution in [3.05, 3.63) is 12.8 Å². The highest BCUT2D eigenvalue weighted by Gasteiger charge is 1.56. The van der Waals surface area contributed by atoms with Gasteiger partial charge in [0.25, 0.3) is 0 Å². The molecule has 0 aliphatic heterocycles. The zero-order valence-electron chi connectivity index (χ0n) is 6.39. The van der Waals surface area contributed by atoms with Crippen LogP contribution in [0.25, 0.3) is 0 Å². The van der Waals surface area contributed by atoms with Gasteiger partial charge in [0.2, 0.25) is 0 Å². The molecule has 2 nitrogen and oxygen atoms in total. The van der Waals surface area contributed by atoms with Crippen LogP contribution in [0, 0.1) is 6.58 Å². The fourth-order valence-electron chi connectivity index (χ4n) is 0.166. The van der Waals surface area contributed by atoms with E-state index in [9.17, 15) is 0 Å². The second-order valence-corrected chi connectivity index (χ2v) is 1.39. The Labute approximate surface area is 57.7 Å². The van der Waals surface area contributed by atoms with Gasteiger partial charge in [-0.1, -0.05) is 6.92 Å². The maximum absolute atomic E-state index is 4.89. The van der Waals surface area contributed by atoms with Crippen molar-refractivity contribution in [2.45, 2.75) is 13.3 Å². The van der Waals surface area contributed by atoms with E-state index in [0.29, 0.717) is 0 Å². The molecule has 0 bridgehead atoms. The first-order valence-corrected chi connectivity index (χ1v) is 2.97. The summed E-state index contributed by atoms with van der Waals surface area (Å²) in [5.74, 6) is 0. The second-order valence-electron chi connectivity index (χ2n) is 1.39. The SMILES string of the molecule is CNC.[CH]=CN=CCC. The van der Waals surface area contributed by atoms with Crippen LogP contribution in [0.4, 0.5) is 0 Å². The molecule has 1 N–H and O–H groups in total. The average Bonchev–Trinajstić information content (AvgIpc) is 1.86. The van der Waals surface area contributed by atoms with Gasteiger partial charge in [0, 0.05) is 12.4 Å². The normalized spacial score (nSPS) is 8.33. The molecule has 0 aromatic carbocycles. The van der Waals surface area contributed by atoms with Crippen LogP contribution < -0.4 is 5.32 Å². The number of rotatable bonds is 2. The maximum Gasteiger partial charge on any atom is 0.0264 e. The first-order chi connectivity index (χ1) is 4.33. The van der Waals surface area contributed by atoms with Gasteiger partial charge < -0.3 is 5.32 Å². The smallest absolute Gasteiger partial charge is 0.0264 e. The summed E-state index contributed by atoms with van der Waals surface area (Å²) in [4.78, 5) is 3.62. The summed E-state index contributed by atoms with van der Waals surface area (Å²) in [6.45, 7) is 6.90. The molecule has 0 unspecified atom stereocenters. The van der Waals surface area contributed by atoms with Gasteiger partial charge in [0.1, 0.15) is 0 Å². The molecule has 0 amide bonds. The molecular weight excluding hydrogens is 112 g/mol. The molecule has 1 radical (unpaired) electrons. The van der Waals surface area contributed by atoms with Crippen LogP contribution in [0.2, 0.25) is 0 Å². The van der Waals surface area contributed by atoms with Crippen molar-refractivity contribution in [2.24, 2.45) is 4.99 Å². The Kier molecular flexibility index (Phi) is 19.5. The number of hydrogen-bond acceptors (Lipinski definition) is 2. The van der Waals surface area contributed by atoms with E-state index in [-0.39, 0.29) is 0 Å². The minimum absolute atomic E-state index is 0.952. The fraction of sp³-hybridized carbons (Fsp3) is 0.571. The molecule has 0 aromatic rings. The lowest BCUT2D eigenvalue weighted by atomic mass is 10.5. The van der Waals surface area contributed by atoms with Crippen molar-refractivity contribution in [2.75, 3.05) is 14.1 Å². The summed E-state index contributed by atoms with van der Waals surface area (Å²) >= 11 is 0. The standard InChI is InChI=1S/C5H8N.C2H7N/c1-3-5-6-4-2;1-3-2/h2,4-5H,3H2,1H3;3H,1-2H3. The Morgan fingerprint density at radius 3 is 2.11 bits per heavy atom. The zero-order valence-corrected chi connectivity index (χ0v) is 6.39. The highest BCUT2D eigenvalue weighted by Crippen LogP contribution is 1.67. The molecule has 0 atom stereocenters. The summed E-state index contributed by atoms with van der Waals surface area (Å²) in [5.41, 5.74) is 0. The van der Waals surface area contributed by atoms with E-state index in [4.69, 9.17) is 6.58 Å². The Balaban J connectivity index is 0. The molecule has 0 saturated heterocycles. The van der Waals surface area contributed by atoms with Gasteiger partial charge in [-0.3, -0.25) is 4.99 Å². The van der Waals surface area contributed by atoms with Crippen LogP contribution in [0.5, 0.6) is 0 Å². The minimum Gasteiger partial charge on any atom is -0.323 e. The predicted octanol–water partition coefficient (Wildman–Crippen LogP) is 1.25. The van der Waals surface area contributed by atoms with Crippen molar-refractivity contribution in [1.82, 2.24) is 5.32 Å². The van der Waals surface area contributed by atoms with Gasteiger partial charge in [-0.25, -0.2) is 0 Å². The zero-order chi connectivity index (χ0) is 7.54. The maximum atomic E-state index is 4.89. The van der Waals surface area contributed by atoms with Gasteiger partial charge in [0.05, 0.1) is 0 Å². The molecule has 0 spiro atoms. The largest absolute Gasteiger partial charge is 0.323 e. The summed E-state index contributed by atoms with van der Waals surface area (Å²) in [5, 5.41) is 2.75.